The van der Waals surface area contributed by atoms with Gasteiger partial charge in [-0.1, -0.05) is 0 Å². The van der Waals surface area contributed by atoms with Crippen molar-refractivity contribution in [2.75, 3.05) is 12.0 Å². The predicted molar refractivity (Wildman–Crippen MR) is 65.3 cm³/mol. The van der Waals surface area contributed by atoms with Gasteiger partial charge in [-0.25, -0.2) is 0 Å². The maximum Gasteiger partial charge on any atom is 0.0424 e. The van der Waals surface area contributed by atoms with Gasteiger partial charge in [-0.2, -0.15) is 0 Å². The number of thioether (sulfide) groups is 1. The largest absolute Gasteiger partial charge is 0.398 e. The van der Waals surface area contributed by atoms with Gasteiger partial charge in [-0.3, -0.25) is 0 Å². The summed E-state index contributed by atoms with van der Waals surface area (Å²) < 4.78 is 1.22. The van der Waals surface area contributed by atoms with Crippen LogP contribution >= 0.6 is 35.7 Å². The summed E-state index contributed by atoms with van der Waals surface area (Å²) in [7, 11) is 0. The SMILES string of the molecule is CSc1csc2cc(S)cc(N)c12. The van der Waals surface area contributed by atoms with Gasteiger partial charge in [0.05, 0.1) is 0 Å². The maximum absolute atomic E-state index is 5.92. The first kappa shape index (κ1) is 9.24. The summed E-state index contributed by atoms with van der Waals surface area (Å²) in [5.41, 5.74) is 6.75. The highest BCUT2D eigenvalue weighted by molar-refractivity contribution is 7.99. The lowest BCUT2D eigenvalue weighted by molar-refractivity contribution is 1.52. The molecular formula is C9H9NS3. The number of hydrogen-bond donors (Lipinski definition) is 2. The monoisotopic (exact) mass is 227 g/mol. The first-order valence-corrected chi connectivity index (χ1v) is 6.31. The third-order valence-electron chi connectivity index (χ3n) is 1.88. The Morgan fingerprint density at radius 2 is 2.23 bits per heavy atom. The molecule has 0 spiro atoms. The van der Waals surface area contributed by atoms with Crippen molar-refractivity contribution in [3.63, 3.8) is 0 Å². The molecule has 0 saturated carbocycles. The van der Waals surface area contributed by atoms with Crippen LogP contribution in [0, 0.1) is 0 Å². The number of anilines is 1. The molecule has 0 unspecified atom stereocenters. The van der Waals surface area contributed by atoms with E-state index in [0.29, 0.717) is 0 Å². The van der Waals surface area contributed by atoms with Gasteiger partial charge in [0.15, 0.2) is 0 Å². The Hall–Kier alpha value is -0.320. The highest BCUT2D eigenvalue weighted by Gasteiger charge is 2.06. The Balaban J connectivity index is 2.82. The van der Waals surface area contributed by atoms with E-state index in [1.807, 2.05) is 6.07 Å². The van der Waals surface area contributed by atoms with E-state index in [2.05, 4.69) is 30.3 Å². The lowest BCUT2D eigenvalue weighted by atomic mass is 10.2. The van der Waals surface area contributed by atoms with E-state index in [-0.39, 0.29) is 0 Å². The lowest BCUT2D eigenvalue weighted by Gasteiger charge is -2.00. The van der Waals surface area contributed by atoms with Crippen LogP contribution < -0.4 is 5.73 Å². The Morgan fingerprint density at radius 1 is 1.46 bits per heavy atom. The molecule has 0 radical (unpaired) electrons. The lowest BCUT2D eigenvalue weighted by Crippen LogP contribution is -1.85. The fourth-order valence-electron chi connectivity index (χ4n) is 1.30. The van der Waals surface area contributed by atoms with Gasteiger partial charge in [-0.15, -0.1) is 35.7 Å². The van der Waals surface area contributed by atoms with Crippen LogP contribution in [0.2, 0.25) is 0 Å². The maximum atomic E-state index is 5.92. The predicted octanol–water partition coefficient (Wildman–Crippen LogP) is 3.49. The molecule has 0 aliphatic rings. The molecule has 0 bridgehead atoms. The highest BCUT2D eigenvalue weighted by Crippen LogP contribution is 2.37. The first-order valence-electron chi connectivity index (χ1n) is 3.76. The number of rotatable bonds is 1. The van der Waals surface area contributed by atoms with Crippen molar-refractivity contribution in [1.82, 2.24) is 0 Å². The fraction of sp³-hybridized carbons (Fsp3) is 0.111. The van der Waals surface area contributed by atoms with Gasteiger partial charge in [0.25, 0.3) is 0 Å². The van der Waals surface area contributed by atoms with Crippen molar-refractivity contribution in [3.05, 3.63) is 17.5 Å². The van der Waals surface area contributed by atoms with Crippen LogP contribution in [0.4, 0.5) is 5.69 Å². The molecule has 0 atom stereocenters. The minimum absolute atomic E-state index is 0.827. The quantitative estimate of drug-likeness (QED) is 0.443. The summed E-state index contributed by atoms with van der Waals surface area (Å²) in [5.74, 6) is 0. The van der Waals surface area contributed by atoms with Crippen LogP contribution in [0.1, 0.15) is 0 Å². The molecule has 2 aromatic rings. The van der Waals surface area contributed by atoms with Gasteiger partial charge < -0.3 is 5.73 Å². The fourth-order valence-corrected chi connectivity index (χ4v) is 3.58. The van der Waals surface area contributed by atoms with E-state index in [4.69, 9.17) is 5.73 Å². The number of nitrogens with two attached hydrogens (primary N) is 1. The minimum atomic E-state index is 0.827. The third kappa shape index (κ3) is 1.54. The molecule has 1 nitrogen and oxygen atoms in total. The van der Waals surface area contributed by atoms with E-state index in [1.165, 1.54) is 15.0 Å². The Labute approximate surface area is 90.7 Å². The Kier molecular flexibility index (Phi) is 2.45. The van der Waals surface area contributed by atoms with Crippen LogP contribution in [0.25, 0.3) is 10.1 Å². The second-order valence-corrected chi connectivity index (χ2v) is 4.99. The van der Waals surface area contributed by atoms with E-state index in [1.54, 1.807) is 23.1 Å². The van der Waals surface area contributed by atoms with Gasteiger partial charge in [0, 0.05) is 30.9 Å². The second kappa shape index (κ2) is 3.44. The topological polar surface area (TPSA) is 26.0 Å². The highest BCUT2D eigenvalue weighted by atomic mass is 32.2. The molecular weight excluding hydrogens is 218 g/mol. The number of hydrogen-bond acceptors (Lipinski definition) is 4. The van der Waals surface area contributed by atoms with Crippen molar-refractivity contribution < 1.29 is 0 Å². The third-order valence-corrected chi connectivity index (χ3v) is 3.98. The van der Waals surface area contributed by atoms with Gasteiger partial charge in [0.2, 0.25) is 0 Å². The molecule has 0 aliphatic carbocycles. The second-order valence-electron chi connectivity index (χ2n) is 2.71. The molecule has 2 N–H and O–H groups in total. The van der Waals surface area contributed by atoms with E-state index >= 15 is 0 Å². The average molecular weight is 227 g/mol. The summed E-state index contributed by atoms with van der Waals surface area (Å²) in [6.07, 6.45) is 2.07. The van der Waals surface area contributed by atoms with Crippen molar-refractivity contribution in [2.45, 2.75) is 9.79 Å². The van der Waals surface area contributed by atoms with Crippen LogP contribution in [-0.4, -0.2) is 6.26 Å². The number of thiophene rings is 1. The van der Waals surface area contributed by atoms with Crippen molar-refractivity contribution >= 4 is 51.5 Å². The van der Waals surface area contributed by atoms with Crippen LogP contribution in [0.5, 0.6) is 0 Å². The zero-order valence-electron chi connectivity index (χ0n) is 7.07. The van der Waals surface area contributed by atoms with Crippen molar-refractivity contribution in [3.8, 4) is 0 Å². The normalized spacial score (nSPS) is 10.9. The zero-order valence-corrected chi connectivity index (χ0v) is 9.60. The van der Waals surface area contributed by atoms with Crippen molar-refractivity contribution in [1.29, 1.82) is 0 Å². The van der Waals surface area contributed by atoms with E-state index in [0.717, 1.165) is 10.6 Å². The molecule has 0 aliphatic heterocycles. The molecule has 0 amide bonds. The molecule has 68 valence electrons. The summed E-state index contributed by atoms with van der Waals surface area (Å²) in [6.45, 7) is 0. The van der Waals surface area contributed by atoms with Gasteiger partial charge in [0.1, 0.15) is 0 Å². The van der Waals surface area contributed by atoms with Crippen LogP contribution in [0.3, 0.4) is 0 Å². The number of nitrogen functional groups attached to an aromatic ring is 1. The molecule has 1 aromatic heterocycles. The minimum Gasteiger partial charge on any atom is -0.398 e. The van der Waals surface area contributed by atoms with E-state index in [9.17, 15) is 0 Å². The van der Waals surface area contributed by atoms with Crippen molar-refractivity contribution in [2.24, 2.45) is 0 Å². The smallest absolute Gasteiger partial charge is 0.0424 e. The summed E-state index contributed by atoms with van der Waals surface area (Å²) in [4.78, 5) is 2.19. The molecule has 1 aromatic carbocycles. The average Bonchev–Trinajstić information content (AvgIpc) is 2.47. The number of fused-ring (bicyclic) bond motifs is 1. The van der Waals surface area contributed by atoms with E-state index < -0.39 is 0 Å². The van der Waals surface area contributed by atoms with Gasteiger partial charge in [-0.05, 0) is 18.4 Å². The number of thiol groups is 1. The molecule has 0 fully saturated rings. The molecule has 13 heavy (non-hydrogen) atoms. The number of benzene rings is 1. The molecule has 2 rings (SSSR count). The van der Waals surface area contributed by atoms with Gasteiger partial charge >= 0.3 is 0 Å². The van der Waals surface area contributed by atoms with Crippen LogP contribution in [-0.2, 0) is 0 Å². The first-order chi connectivity index (χ1) is 6.22. The molecule has 0 saturated heterocycles. The van der Waals surface area contributed by atoms with Crippen LogP contribution in [0.15, 0.2) is 27.3 Å². The molecule has 4 heteroatoms. The summed E-state index contributed by atoms with van der Waals surface area (Å²) >= 11 is 7.74. The molecule has 1 heterocycles. The summed E-state index contributed by atoms with van der Waals surface area (Å²) in [6, 6.07) is 3.96. The Morgan fingerprint density at radius 3 is 2.92 bits per heavy atom. The standard InChI is InChI=1S/C9H9NS3/c1-12-8-4-13-7-3-5(11)2-6(10)9(7)8/h2-4,11H,10H2,1H3. The zero-order chi connectivity index (χ0) is 9.42. The Bertz CT molecular complexity index is 447. The summed E-state index contributed by atoms with van der Waals surface area (Å²) in [5, 5.41) is 3.31.